The number of hydrogen-bond donors (Lipinski definition) is 0. The Bertz CT molecular complexity index is 3260. The van der Waals surface area contributed by atoms with Crippen molar-refractivity contribution in [3.63, 3.8) is 0 Å². The van der Waals surface area contributed by atoms with Gasteiger partial charge in [0.05, 0.1) is 11.0 Å². The third-order valence-electron chi connectivity index (χ3n) is 13.7. The second kappa shape index (κ2) is 8.93. The van der Waals surface area contributed by atoms with E-state index in [4.69, 9.17) is 0 Å². The molecule has 0 bridgehead atoms. The van der Waals surface area contributed by atoms with Crippen molar-refractivity contribution in [3.05, 3.63) is 158 Å². The molecule has 0 saturated carbocycles. The van der Waals surface area contributed by atoms with Crippen LogP contribution < -0.4 is 59.0 Å². The van der Waals surface area contributed by atoms with Gasteiger partial charge in [0.1, 0.15) is 0 Å². The lowest BCUT2D eigenvalue weighted by Gasteiger charge is -2.52. The van der Waals surface area contributed by atoms with Crippen LogP contribution >= 0.6 is 0 Å². The van der Waals surface area contributed by atoms with Crippen LogP contribution in [0.3, 0.4) is 0 Å². The van der Waals surface area contributed by atoms with E-state index in [0.717, 1.165) is 0 Å². The van der Waals surface area contributed by atoms with Crippen LogP contribution in [0.1, 0.15) is 0 Å². The van der Waals surface area contributed by atoms with E-state index in [9.17, 15) is 0 Å². The Morgan fingerprint density at radius 3 is 1.83 bits per heavy atom. The monoisotopic (exact) mass is 677 g/mol. The van der Waals surface area contributed by atoms with Crippen LogP contribution in [0.25, 0.3) is 38.6 Å². The third-order valence-corrected chi connectivity index (χ3v) is 13.7. The van der Waals surface area contributed by atoms with Gasteiger partial charge in [-0.15, -0.1) is 0 Å². The molecule has 6 aliphatic rings. The third kappa shape index (κ3) is 2.77. The molecular weight excluding hydrogens is 651 g/mol. The van der Waals surface area contributed by atoms with E-state index in [1.54, 1.807) is 0 Å². The first kappa shape index (κ1) is 27.0. The molecule has 7 heterocycles. The van der Waals surface area contributed by atoms with Crippen molar-refractivity contribution in [3.8, 4) is 16.8 Å². The standard InChI is InChI=1S/C48H26B3N3/c1-3-11-27(12-4-1)49-34-21-19-31-29-15-7-9-17-33(29)50-36-23-26-40-44-48(36)54(46(34)41(31)50)47-35(49)22-25-39-43(47)51(44)42-38(52(39)28-13-5-2-6-14-28)24-20-32-30-16-8-10-18-37(30)53(40)45(32)42/h1-26H. The normalized spacial score (nSPS) is 14.9. The first-order valence-electron chi connectivity index (χ1n) is 19.2. The van der Waals surface area contributed by atoms with Crippen molar-refractivity contribution in [1.29, 1.82) is 0 Å². The van der Waals surface area contributed by atoms with Crippen LogP contribution in [0, 0.1) is 0 Å². The van der Waals surface area contributed by atoms with Gasteiger partial charge in [-0.05, 0) is 85.8 Å². The fraction of sp³-hybridized carbons (Fsp3) is 0. The Labute approximate surface area is 313 Å². The molecule has 1 aromatic heterocycles. The van der Waals surface area contributed by atoms with Gasteiger partial charge in [-0.25, -0.2) is 0 Å². The van der Waals surface area contributed by atoms with Crippen molar-refractivity contribution < 1.29 is 0 Å². The Morgan fingerprint density at radius 2 is 0.981 bits per heavy atom. The molecule has 8 aromatic carbocycles. The van der Waals surface area contributed by atoms with Crippen molar-refractivity contribution in [2.24, 2.45) is 0 Å². The van der Waals surface area contributed by atoms with Gasteiger partial charge in [0.25, 0.3) is 6.71 Å². The predicted molar refractivity (Wildman–Crippen MR) is 230 cm³/mol. The molecule has 242 valence electrons. The summed E-state index contributed by atoms with van der Waals surface area (Å²) < 4.78 is 2.62. The summed E-state index contributed by atoms with van der Waals surface area (Å²) in [5.74, 6) is 0. The number of anilines is 6. The molecular formula is C48H26B3N3. The minimum Gasteiger partial charge on any atom is -0.313 e. The summed E-state index contributed by atoms with van der Waals surface area (Å²) in [5.41, 5.74) is 27.5. The summed E-state index contributed by atoms with van der Waals surface area (Å²) in [4.78, 5) is 5.33. The number of nitrogens with zero attached hydrogens (tertiary/aromatic N) is 3. The predicted octanol–water partition coefficient (Wildman–Crippen LogP) is 4.82. The minimum atomic E-state index is 0.103. The molecule has 9 aromatic rings. The van der Waals surface area contributed by atoms with Crippen LogP contribution in [0.15, 0.2) is 158 Å². The highest BCUT2D eigenvalue weighted by atomic mass is 15.2. The van der Waals surface area contributed by atoms with E-state index in [1.807, 2.05) is 0 Å². The van der Waals surface area contributed by atoms with Crippen molar-refractivity contribution in [1.82, 2.24) is 4.57 Å². The van der Waals surface area contributed by atoms with E-state index in [2.05, 4.69) is 172 Å². The van der Waals surface area contributed by atoms with Gasteiger partial charge in [-0.3, -0.25) is 0 Å². The molecule has 15 rings (SSSR count). The number of hydrogen-bond acceptors (Lipinski definition) is 2. The maximum absolute atomic E-state index is 2.76. The molecule has 0 fully saturated rings. The summed E-state index contributed by atoms with van der Waals surface area (Å²) in [6.45, 7) is 0.412. The molecule has 0 saturated heterocycles. The maximum Gasteiger partial charge on any atom is 0.257 e. The number of benzene rings is 8. The van der Waals surface area contributed by atoms with Gasteiger partial charge in [0.2, 0.25) is 13.4 Å². The van der Waals surface area contributed by atoms with Gasteiger partial charge in [0, 0.05) is 50.6 Å². The molecule has 0 radical (unpaired) electrons. The van der Waals surface area contributed by atoms with Crippen LogP contribution in [0.5, 0.6) is 0 Å². The molecule has 0 spiro atoms. The number of fused-ring (bicyclic) bond motifs is 8. The van der Waals surface area contributed by atoms with Gasteiger partial charge < -0.3 is 14.4 Å². The van der Waals surface area contributed by atoms with E-state index < -0.39 is 0 Å². The first-order chi connectivity index (χ1) is 26.9. The van der Waals surface area contributed by atoms with Crippen LogP contribution in [0.4, 0.5) is 34.1 Å². The van der Waals surface area contributed by atoms with Crippen LogP contribution in [-0.4, -0.2) is 24.7 Å². The summed E-state index contributed by atoms with van der Waals surface area (Å²) >= 11 is 0. The van der Waals surface area contributed by atoms with Gasteiger partial charge in [0.15, 0.2) is 0 Å². The Hall–Kier alpha value is -6.65. The maximum atomic E-state index is 2.76. The SMILES string of the molecule is c1ccc(B2c3ccc4c5c3N3c6c2ccc2c6B6c7c(ccc(c73)B5c3ccccc3-4)-n3c4ccccc4c4ccc(c6c43)N2c2ccccc2)cc1. The zero-order valence-electron chi connectivity index (χ0n) is 29.1. The average molecular weight is 677 g/mol. The zero-order valence-corrected chi connectivity index (χ0v) is 29.1. The minimum absolute atomic E-state index is 0.103. The van der Waals surface area contributed by atoms with Crippen molar-refractivity contribution >= 4 is 125 Å². The molecule has 0 N–H and O–H groups in total. The molecule has 0 amide bonds. The lowest BCUT2D eigenvalue weighted by molar-refractivity contribution is 1.17. The van der Waals surface area contributed by atoms with Crippen LogP contribution in [-0.2, 0) is 0 Å². The molecule has 54 heavy (non-hydrogen) atoms. The lowest BCUT2D eigenvalue weighted by Crippen LogP contribution is -2.72. The number of para-hydroxylation sites is 2. The highest BCUT2D eigenvalue weighted by molar-refractivity contribution is 7.09. The fourth-order valence-electron chi connectivity index (χ4n) is 12.0. The largest absolute Gasteiger partial charge is 0.313 e. The van der Waals surface area contributed by atoms with Gasteiger partial charge in [-0.2, -0.15) is 0 Å². The summed E-state index contributed by atoms with van der Waals surface area (Å²) in [7, 11) is 0. The van der Waals surface area contributed by atoms with E-state index in [0.29, 0.717) is 0 Å². The Balaban J connectivity index is 1.19. The van der Waals surface area contributed by atoms with Crippen molar-refractivity contribution in [2.75, 3.05) is 9.80 Å². The number of rotatable bonds is 2. The highest BCUT2D eigenvalue weighted by Gasteiger charge is 2.56. The second-order valence-electron chi connectivity index (χ2n) is 15.9. The summed E-state index contributed by atoms with van der Waals surface area (Å²) in [5, 5.41) is 2.65. The average Bonchev–Trinajstić information content (AvgIpc) is 3.76. The molecule has 3 nitrogen and oxygen atoms in total. The van der Waals surface area contributed by atoms with Crippen molar-refractivity contribution in [2.45, 2.75) is 0 Å². The highest BCUT2D eigenvalue weighted by Crippen LogP contribution is 2.50. The summed E-state index contributed by atoms with van der Waals surface area (Å²) in [6.07, 6.45) is 0. The van der Waals surface area contributed by atoms with Gasteiger partial charge in [-0.1, -0.05) is 132 Å². The first-order valence-corrected chi connectivity index (χ1v) is 19.2. The van der Waals surface area contributed by atoms with Crippen LogP contribution in [0.2, 0.25) is 0 Å². The van der Waals surface area contributed by atoms with E-state index in [-0.39, 0.29) is 20.1 Å². The molecule has 0 aliphatic carbocycles. The quantitative estimate of drug-likeness (QED) is 0.244. The summed E-state index contributed by atoms with van der Waals surface area (Å²) in [6, 6.07) is 60.1. The smallest absolute Gasteiger partial charge is 0.257 e. The molecule has 0 unspecified atom stereocenters. The Morgan fingerprint density at radius 1 is 0.352 bits per heavy atom. The molecule has 6 aliphatic heterocycles. The van der Waals surface area contributed by atoms with Gasteiger partial charge >= 0.3 is 0 Å². The van der Waals surface area contributed by atoms with E-state index >= 15 is 0 Å². The topological polar surface area (TPSA) is 11.4 Å². The molecule has 0 atom stereocenters. The fourth-order valence-corrected chi connectivity index (χ4v) is 12.0. The molecule has 6 heteroatoms. The Kier molecular flexibility index (Phi) is 4.47. The number of aromatic nitrogens is 1. The zero-order chi connectivity index (χ0) is 34.6. The van der Waals surface area contributed by atoms with E-state index in [1.165, 1.54) is 122 Å². The lowest BCUT2D eigenvalue weighted by atomic mass is 9.26. The second-order valence-corrected chi connectivity index (χ2v) is 15.9.